The molecule has 2 nitrogen and oxygen atoms in total. The maximum atomic E-state index is 10.4. The Morgan fingerprint density at radius 3 is 2.47 bits per heavy atom. The highest BCUT2D eigenvalue weighted by Crippen LogP contribution is 2.14. The summed E-state index contributed by atoms with van der Waals surface area (Å²) in [4.78, 5) is 10.4. The molecule has 0 aromatic carbocycles. The summed E-state index contributed by atoms with van der Waals surface area (Å²) in [6, 6.07) is 0. The smallest absolute Gasteiger partial charge is 0.302 e. The van der Waals surface area contributed by atoms with Crippen molar-refractivity contribution in [3.63, 3.8) is 0 Å². The lowest BCUT2D eigenvalue weighted by atomic mass is 9.96. The molecule has 0 aromatic heterocycles. The molecule has 0 aromatic rings. The number of rotatable bonds is 5. The normalized spacial score (nSPS) is 12.5. The maximum absolute atomic E-state index is 10.4. The first-order chi connectivity index (χ1) is 6.92. The van der Waals surface area contributed by atoms with E-state index < -0.39 is 0 Å². The Morgan fingerprint density at radius 2 is 1.93 bits per heavy atom. The van der Waals surface area contributed by atoms with Crippen molar-refractivity contribution >= 4 is 5.97 Å². The third kappa shape index (κ3) is 12.9. The van der Waals surface area contributed by atoms with Crippen LogP contribution in [0.1, 0.15) is 40.5 Å². The van der Waals surface area contributed by atoms with Crippen LogP contribution in [0.15, 0.2) is 24.3 Å². The second kappa shape index (κ2) is 7.27. The molecular weight excluding hydrogens is 188 g/mol. The fourth-order valence-corrected chi connectivity index (χ4v) is 0.936. The third-order valence-electron chi connectivity index (χ3n) is 1.66. The number of esters is 1. The number of carbonyl (C=O) groups is 1. The van der Waals surface area contributed by atoms with Crippen molar-refractivity contribution in [2.24, 2.45) is 5.41 Å². The van der Waals surface area contributed by atoms with Gasteiger partial charge in [-0.2, -0.15) is 0 Å². The van der Waals surface area contributed by atoms with Crippen LogP contribution in [0, 0.1) is 5.41 Å². The molecule has 0 bridgehead atoms. The van der Waals surface area contributed by atoms with E-state index in [4.69, 9.17) is 4.74 Å². The number of unbranched alkanes of at least 4 members (excludes halogenated alkanes) is 1. The predicted molar refractivity (Wildman–Crippen MR) is 63.6 cm³/mol. The first-order valence-corrected chi connectivity index (χ1v) is 5.39. The Labute approximate surface area is 93.0 Å². The first kappa shape index (κ1) is 13.9. The van der Waals surface area contributed by atoms with E-state index >= 15 is 0 Å². The average Bonchev–Trinajstić information content (AvgIpc) is 2.07. The Bertz CT molecular complexity index is 231. The van der Waals surface area contributed by atoms with Crippen molar-refractivity contribution in [3.05, 3.63) is 24.3 Å². The maximum Gasteiger partial charge on any atom is 0.302 e. The van der Waals surface area contributed by atoms with Crippen LogP contribution in [0.4, 0.5) is 0 Å². The second-order valence-electron chi connectivity index (χ2n) is 4.64. The van der Waals surface area contributed by atoms with Gasteiger partial charge in [-0.1, -0.05) is 45.1 Å². The number of carbonyl (C=O) groups excluding carboxylic acids is 1. The van der Waals surface area contributed by atoms with E-state index in [1.807, 2.05) is 6.08 Å². The van der Waals surface area contributed by atoms with Gasteiger partial charge in [0.1, 0.15) is 0 Å². The van der Waals surface area contributed by atoms with E-state index in [2.05, 4.69) is 39.0 Å². The van der Waals surface area contributed by atoms with Gasteiger partial charge in [0.25, 0.3) is 0 Å². The van der Waals surface area contributed by atoms with E-state index in [0.29, 0.717) is 6.61 Å². The Morgan fingerprint density at radius 1 is 1.27 bits per heavy atom. The van der Waals surface area contributed by atoms with Gasteiger partial charge in [0, 0.05) is 6.92 Å². The van der Waals surface area contributed by atoms with Crippen LogP contribution in [0.5, 0.6) is 0 Å². The molecule has 86 valence electrons. The number of ether oxygens (including phenoxy) is 1. The van der Waals surface area contributed by atoms with Crippen LogP contribution in [0.2, 0.25) is 0 Å². The van der Waals surface area contributed by atoms with Gasteiger partial charge in [0.2, 0.25) is 0 Å². The van der Waals surface area contributed by atoms with Crippen LogP contribution in [0.3, 0.4) is 0 Å². The molecule has 0 aliphatic heterocycles. The molecule has 0 amide bonds. The van der Waals surface area contributed by atoms with Gasteiger partial charge in [-0.15, -0.1) is 0 Å². The van der Waals surface area contributed by atoms with Crippen molar-refractivity contribution < 1.29 is 9.53 Å². The first-order valence-electron chi connectivity index (χ1n) is 5.39. The molecule has 0 saturated carbocycles. The van der Waals surface area contributed by atoms with E-state index in [1.54, 1.807) is 0 Å². The molecule has 0 saturated heterocycles. The third-order valence-corrected chi connectivity index (χ3v) is 1.66. The van der Waals surface area contributed by atoms with E-state index in [-0.39, 0.29) is 11.4 Å². The minimum absolute atomic E-state index is 0.202. The summed E-state index contributed by atoms with van der Waals surface area (Å²) >= 11 is 0. The van der Waals surface area contributed by atoms with Crippen molar-refractivity contribution in [2.75, 3.05) is 6.61 Å². The summed E-state index contributed by atoms with van der Waals surface area (Å²) in [5.41, 5.74) is 0.238. The molecule has 0 unspecified atom stereocenters. The summed E-state index contributed by atoms with van der Waals surface area (Å²) in [6.45, 7) is 8.44. The van der Waals surface area contributed by atoms with Crippen molar-refractivity contribution in [2.45, 2.75) is 40.5 Å². The lowest BCUT2D eigenvalue weighted by Crippen LogP contribution is -1.99. The average molecular weight is 210 g/mol. The minimum atomic E-state index is -0.202. The Kier molecular flexibility index (Phi) is 6.76. The summed E-state index contributed by atoms with van der Waals surface area (Å²) in [7, 11) is 0. The van der Waals surface area contributed by atoms with Crippen LogP contribution >= 0.6 is 0 Å². The van der Waals surface area contributed by atoms with Crippen molar-refractivity contribution in [1.82, 2.24) is 0 Å². The number of hydrogen-bond acceptors (Lipinski definition) is 2. The lowest BCUT2D eigenvalue weighted by Gasteiger charge is -2.09. The summed E-state index contributed by atoms with van der Waals surface area (Å²) in [5, 5.41) is 0. The monoisotopic (exact) mass is 210 g/mol. The molecule has 0 aliphatic carbocycles. The topological polar surface area (TPSA) is 26.3 Å². The molecule has 0 fully saturated rings. The molecule has 0 heterocycles. The standard InChI is InChI=1S/C13H22O2/c1-12(14)15-11-9-7-5-6-8-10-13(2,3)4/h5-6,8,10H,7,9,11H2,1-4H3. The van der Waals surface area contributed by atoms with Gasteiger partial charge in [-0.3, -0.25) is 4.79 Å². The molecule has 0 spiro atoms. The fraction of sp³-hybridized carbons (Fsp3) is 0.615. The Hall–Kier alpha value is -1.05. The number of hydrogen-bond donors (Lipinski definition) is 0. The zero-order chi connectivity index (χ0) is 11.7. The summed E-state index contributed by atoms with van der Waals surface area (Å²) < 4.78 is 4.81. The highest BCUT2D eigenvalue weighted by atomic mass is 16.5. The number of allylic oxidation sites excluding steroid dienone is 4. The van der Waals surface area contributed by atoms with Crippen LogP contribution < -0.4 is 0 Å². The van der Waals surface area contributed by atoms with Crippen molar-refractivity contribution in [3.8, 4) is 0 Å². The molecule has 0 atom stereocenters. The van der Waals surface area contributed by atoms with Crippen molar-refractivity contribution in [1.29, 1.82) is 0 Å². The SMILES string of the molecule is CC(=O)OCCCC=CC=CC(C)(C)C. The van der Waals surface area contributed by atoms with E-state index in [0.717, 1.165) is 12.8 Å². The molecule has 0 radical (unpaired) electrons. The van der Waals surface area contributed by atoms with Crippen LogP contribution in [-0.2, 0) is 9.53 Å². The van der Waals surface area contributed by atoms with Gasteiger partial charge in [0.15, 0.2) is 0 Å². The van der Waals surface area contributed by atoms with Gasteiger partial charge >= 0.3 is 5.97 Å². The highest BCUT2D eigenvalue weighted by Gasteiger charge is 2.01. The largest absolute Gasteiger partial charge is 0.466 e. The second-order valence-corrected chi connectivity index (χ2v) is 4.64. The summed E-state index contributed by atoms with van der Waals surface area (Å²) in [5.74, 6) is -0.202. The lowest BCUT2D eigenvalue weighted by molar-refractivity contribution is -0.141. The molecule has 15 heavy (non-hydrogen) atoms. The zero-order valence-corrected chi connectivity index (χ0v) is 10.2. The minimum Gasteiger partial charge on any atom is -0.466 e. The Balaban J connectivity index is 3.48. The van der Waals surface area contributed by atoms with E-state index in [1.165, 1.54) is 6.92 Å². The van der Waals surface area contributed by atoms with Crippen LogP contribution in [0.25, 0.3) is 0 Å². The molecular formula is C13H22O2. The quantitative estimate of drug-likeness (QED) is 0.394. The van der Waals surface area contributed by atoms with Gasteiger partial charge in [-0.05, 0) is 18.3 Å². The van der Waals surface area contributed by atoms with E-state index in [9.17, 15) is 4.79 Å². The highest BCUT2D eigenvalue weighted by molar-refractivity contribution is 5.65. The van der Waals surface area contributed by atoms with Gasteiger partial charge in [-0.25, -0.2) is 0 Å². The molecule has 2 heteroatoms. The zero-order valence-electron chi connectivity index (χ0n) is 10.2. The predicted octanol–water partition coefficient (Wildman–Crippen LogP) is 3.49. The molecule has 0 rings (SSSR count). The van der Waals surface area contributed by atoms with Crippen LogP contribution in [-0.4, -0.2) is 12.6 Å². The summed E-state index contributed by atoms with van der Waals surface area (Å²) in [6.07, 6.45) is 10.2. The van der Waals surface area contributed by atoms with Gasteiger partial charge in [0.05, 0.1) is 6.61 Å². The van der Waals surface area contributed by atoms with Gasteiger partial charge < -0.3 is 4.74 Å². The molecule has 0 N–H and O–H groups in total. The fourth-order valence-electron chi connectivity index (χ4n) is 0.936. The molecule has 0 aliphatic rings.